The summed E-state index contributed by atoms with van der Waals surface area (Å²) in [6.07, 6.45) is -1.35. The van der Waals surface area contributed by atoms with Crippen LogP contribution in [0.1, 0.15) is 30.4 Å². The second-order valence-electron chi connectivity index (χ2n) is 5.02. The summed E-state index contributed by atoms with van der Waals surface area (Å²) in [5, 5.41) is 13.3. The standard InChI is InChI=1S/C14H18F3NO/c15-14(16,17)11-6-4-10(5-7-11)9-13(19)12-3-1-2-8-18-12/h4-7,12-13,18-19H,1-3,8-9H2. The molecule has 2 unspecified atom stereocenters. The zero-order chi connectivity index (χ0) is 13.9. The molecule has 0 spiro atoms. The molecule has 1 aromatic carbocycles. The molecule has 2 atom stereocenters. The Labute approximate surface area is 110 Å². The largest absolute Gasteiger partial charge is 0.416 e. The van der Waals surface area contributed by atoms with Gasteiger partial charge in [-0.05, 0) is 43.5 Å². The van der Waals surface area contributed by atoms with Crippen LogP contribution in [0, 0.1) is 0 Å². The Balaban J connectivity index is 1.95. The van der Waals surface area contributed by atoms with Crippen LogP contribution in [0.5, 0.6) is 0 Å². The van der Waals surface area contributed by atoms with Crippen LogP contribution in [-0.4, -0.2) is 23.8 Å². The van der Waals surface area contributed by atoms with Crippen LogP contribution in [0.4, 0.5) is 13.2 Å². The molecule has 19 heavy (non-hydrogen) atoms. The maximum Gasteiger partial charge on any atom is 0.416 e. The summed E-state index contributed by atoms with van der Waals surface area (Å²) in [5.41, 5.74) is 0.0782. The number of halogens is 3. The van der Waals surface area contributed by atoms with Crippen LogP contribution in [0.15, 0.2) is 24.3 Å². The van der Waals surface area contributed by atoms with Crippen LogP contribution >= 0.6 is 0 Å². The quantitative estimate of drug-likeness (QED) is 0.887. The summed E-state index contributed by atoms with van der Waals surface area (Å²) < 4.78 is 37.2. The number of nitrogens with one attached hydrogen (secondary N) is 1. The van der Waals surface area contributed by atoms with Gasteiger partial charge in [-0.1, -0.05) is 18.6 Å². The van der Waals surface area contributed by atoms with E-state index in [4.69, 9.17) is 0 Å². The lowest BCUT2D eigenvalue weighted by Gasteiger charge is -2.28. The highest BCUT2D eigenvalue weighted by Gasteiger charge is 2.30. The lowest BCUT2D eigenvalue weighted by Crippen LogP contribution is -2.44. The molecule has 0 radical (unpaired) electrons. The predicted molar refractivity (Wildman–Crippen MR) is 66.8 cm³/mol. The Morgan fingerprint density at radius 3 is 2.42 bits per heavy atom. The second kappa shape index (κ2) is 5.92. The molecule has 1 fully saturated rings. The number of alkyl halides is 3. The van der Waals surface area contributed by atoms with E-state index in [2.05, 4.69) is 5.32 Å². The van der Waals surface area contributed by atoms with Gasteiger partial charge in [0.25, 0.3) is 0 Å². The molecule has 0 aromatic heterocycles. The van der Waals surface area contributed by atoms with Crippen molar-refractivity contribution in [2.45, 2.75) is 44.0 Å². The molecule has 1 aromatic rings. The molecule has 0 amide bonds. The lowest BCUT2D eigenvalue weighted by molar-refractivity contribution is -0.137. The van der Waals surface area contributed by atoms with Crippen LogP contribution in [0.25, 0.3) is 0 Å². The number of aliphatic hydroxyl groups is 1. The number of benzene rings is 1. The Hall–Kier alpha value is -1.07. The average molecular weight is 273 g/mol. The maximum atomic E-state index is 12.4. The fraction of sp³-hybridized carbons (Fsp3) is 0.571. The smallest absolute Gasteiger partial charge is 0.391 e. The summed E-state index contributed by atoms with van der Waals surface area (Å²) in [5.74, 6) is 0. The van der Waals surface area contributed by atoms with Gasteiger partial charge in [0.1, 0.15) is 0 Å². The van der Waals surface area contributed by atoms with Gasteiger partial charge in [-0.3, -0.25) is 0 Å². The zero-order valence-corrected chi connectivity index (χ0v) is 10.6. The molecule has 2 N–H and O–H groups in total. The SMILES string of the molecule is OC(Cc1ccc(C(F)(F)F)cc1)C1CCCCN1. The van der Waals surface area contributed by atoms with Crippen molar-refractivity contribution in [3.8, 4) is 0 Å². The molecular formula is C14H18F3NO. The first-order valence-corrected chi connectivity index (χ1v) is 6.54. The number of piperidine rings is 1. The van der Waals surface area contributed by atoms with Gasteiger partial charge in [-0.2, -0.15) is 13.2 Å². The highest BCUT2D eigenvalue weighted by Crippen LogP contribution is 2.29. The van der Waals surface area contributed by atoms with E-state index < -0.39 is 17.8 Å². The summed E-state index contributed by atoms with van der Waals surface area (Å²) in [6.45, 7) is 0.898. The van der Waals surface area contributed by atoms with Gasteiger partial charge < -0.3 is 10.4 Å². The van der Waals surface area contributed by atoms with Crippen LogP contribution in [-0.2, 0) is 12.6 Å². The van der Waals surface area contributed by atoms with Crippen LogP contribution < -0.4 is 5.32 Å². The van der Waals surface area contributed by atoms with Gasteiger partial charge in [-0.25, -0.2) is 0 Å². The van der Waals surface area contributed by atoms with Crippen molar-refractivity contribution in [3.63, 3.8) is 0 Å². The molecule has 5 heteroatoms. The van der Waals surface area contributed by atoms with Crippen molar-refractivity contribution in [1.29, 1.82) is 0 Å². The van der Waals surface area contributed by atoms with Crippen molar-refractivity contribution in [2.24, 2.45) is 0 Å². The number of hydrogen-bond acceptors (Lipinski definition) is 2. The van der Waals surface area contributed by atoms with E-state index in [-0.39, 0.29) is 6.04 Å². The van der Waals surface area contributed by atoms with E-state index in [0.29, 0.717) is 6.42 Å². The van der Waals surface area contributed by atoms with E-state index in [0.717, 1.165) is 43.5 Å². The summed E-state index contributed by atoms with van der Waals surface area (Å²) in [6, 6.07) is 5.06. The summed E-state index contributed by atoms with van der Waals surface area (Å²) in [7, 11) is 0. The Morgan fingerprint density at radius 1 is 1.21 bits per heavy atom. The predicted octanol–water partition coefficient (Wildman–Crippen LogP) is 2.75. The molecule has 1 aliphatic heterocycles. The highest BCUT2D eigenvalue weighted by atomic mass is 19.4. The highest BCUT2D eigenvalue weighted by molar-refractivity contribution is 5.25. The van der Waals surface area contributed by atoms with Gasteiger partial charge in [0.2, 0.25) is 0 Å². The van der Waals surface area contributed by atoms with Gasteiger partial charge in [0.05, 0.1) is 11.7 Å². The average Bonchev–Trinajstić information content (AvgIpc) is 2.39. The molecule has 1 heterocycles. The van der Waals surface area contributed by atoms with E-state index in [1.807, 2.05) is 0 Å². The Bertz CT molecular complexity index is 396. The first kappa shape index (κ1) is 14.3. The van der Waals surface area contributed by atoms with Crippen LogP contribution in [0.3, 0.4) is 0 Å². The molecule has 0 saturated carbocycles. The van der Waals surface area contributed by atoms with Crippen molar-refractivity contribution in [3.05, 3.63) is 35.4 Å². The number of hydrogen-bond donors (Lipinski definition) is 2. The van der Waals surface area contributed by atoms with Crippen molar-refractivity contribution in [2.75, 3.05) is 6.54 Å². The zero-order valence-electron chi connectivity index (χ0n) is 10.6. The lowest BCUT2D eigenvalue weighted by atomic mass is 9.95. The number of aliphatic hydroxyl groups excluding tert-OH is 1. The van der Waals surface area contributed by atoms with E-state index in [1.54, 1.807) is 0 Å². The second-order valence-corrected chi connectivity index (χ2v) is 5.02. The molecule has 2 rings (SSSR count). The van der Waals surface area contributed by atoms with Gasteiger partial charge >= 0.3 is 6.18 Å². The minimum atomic E-state index is -4.30. The Kier molecular flexibility index (Phi) is 4.47. The van der Waals surface area contributed by atoms with Crippen LogP contribution in [0.2, 0.25) is 0 Å². The molecule has 106 valence electrons. The maximum absolute atomic E-state index is 12.4. The molecule has 0 aliphatic carbocycles. The van der Waals surface area contributed by atoms with E-state index in [1.165, 1.54) is 12.1 Å². The van der Waals surface area contributed by atoms with Crippen molar-refractivity contribution < 1.29 is 18.3 Å². The third kappa shape index (κ3) is 3.94. The van der Waals surface area contributed by atoms with Crippen molar-refractivity contribution in [1.82, 2.24) is 5.32 Å². The third-order valence-corrected chi connectivity index (χ3v) is 3.54. The number of rotatable bonds is 3. The monoisotopic (exact) mass is 273 g/mol. The fourth-order valence-electron chi connectivity index (χ4n) is 2.42. The first-order valence-electron chi connectivity index (χ1n) is 6.54. The first-order chi connectivity index (χ1) is 8.97. The van der Waals surface area contributed by atoms with E-state index in [9.17, 15) is 18.3 Å². The third-order valence-electron chi connectivity index (χ3n) is 3.54. The fourth-order valence-corrected chi connectivity index (χ4v) is 2.42. The van der Waals surface area contributed by atoms with Crippen molar-refractivity contribution >= 4 is 0 Å². The minimum absolute atomic E-state index is 0.0519. The normalized spacial score (nSPS) is 22.2. The molecule has 1 saturated heterocycles. The van der Waals surface area contributed by atoms with E-state index >= 15 is 0 Å². The minimum Gasteiger partial charge on any atom is -0.391 e. The molecule has 2 nitrogen and oxygen atoms in total. The van der Waals surface area contributed by atoms with Gasteiger partial charge in [-0.15, -0.1) is 0 Å². The van der Waals surface area contributed by atoms with Gasteiger partial charge in [0, 0.05) is 6.04 Å². The topological polar surface area (TPSA) is 32.3 Å². The molecule has 0 bridgehead atoms. The van der Waals surface area contributed by atoms with Gasteiger partial charge in [0.15, 0.2) is 0 Å². The summed E-state index contributed by atoms with van der Waals surface area (Å²) >= 11 is 0. The summed E-state index contributed by atoms with van der Waals surface area (Å²) in [4.78, 5) is 0. The Morgan fingerprint density at radius 2 is 1.89 bits per heavy atom. The molecule has 1 aliphatic rings. The molecular weight excluding hydrogens is 255 g/mol.